The van der Waals surface area contributed by atoms with E-state index in [0.29, 0.717) is 28.5 Å². The van der Waals surface area contributed by atoms with Gasteiger partial charge in [-0.1, -0.05) is 45.4 Å². The number of aldehydes is 1. The Labute approximate surface area is 341 Å². The standard InChI is InChI=1S/C18H14F2N4O.C15H11F2NO2S.C10H11N3O/c1-10(2)18-23-22-15-6-3-11(8-24(15)18)17-16(21-9-25-17)13-7-12(19)4-5-14(13)20;1-10-3-6-12(7-4-10)21(19,20)15(18-2)13-9-11(16)5-8-14(13)17;1-7(2)10-12-11-9-4-3-8(6-14)5-13(9)10/h3-10H,1-2H3;3-9,15H,1H3;3-7H,1-2H3. The second kappa shape index (κ2) is 17.8. The van der Waals surface area contributed by atoms with E-state index in [1.165, 1.54) is 18.5 Å². The van der Waals surface area contributed by atoms with Gasteiger partial charge >= 0.3 is 5.37 Å². The number of hydrogen-bond donors (Lipinski definition) is 0. The molecule has 5 aromatic heterocycles. The van der Waals surface area contributed by atoms with Gasteiger partial charge in [0.2, 0.25) is 0 Å². The summed E-state index contributed by atoms with van der Waals surface area (Å²) in [5.74, 6) is -0.306. The minimum absolute atomic E-state index is 0.0525. The summed E-state index contributed by atoms with van der Waals surface area (Å²) in [6.07, 6.45) is 5.61. The van der Waals surface area contributed by atoms with E-state index in [-0.39, 0.29) is 22.1 Å². The Morgan fingerprint density at radius 3 is 1.92 bits per heavy atom. The molecule has 0 spiro atoms. The van der Waals surface area contributed by atoms with Gasteiger partial charge < -0.3 is 4.42 Å². The quantitative estimate of drug-likeness (QED) is 0.0831. The van der Waals surface area contributed by atoms with Gasteiger partial charge in [0.1, 0.15) is 40.6 Å². The summed E-state index contributed by atoms with van der Waals surface area (Å²) in [4.78, 5) is 17.6. The van der Waals surface area contributed by atoms with Crippen LogP contribution < -0.4 is 0 Å². The van der Waals surface area contributed by atoms with E-state index in [2.05, 4.69) is 30.2 Å². The smallest absolute Gasteiger partial charge is 0.353 e. The highest BCUT2D eigenvalue weighted by Gasteiger charge is 2.37. The number of carbonyl (C=O) groups excluding carboxylic acids is 1. The largest absolute Gasteiger partial charge is 0.443 e. The number of aromatic nitrogens is 7. The molecule has 8 aromatic rings. The average molecular weight is 837 g/mol. The summed E-state index contributed by atoms with van der Waals surface area (Å²) in [5.41, 5.74) is 3.46. The third kappa shape index (κ3) is 8.98. The molecular formula is C43H36F4N8O4S. The van der Waals surface area contributed by atoms with Gasteiger partial charge in [0, 0.05) is 40.9 Å². The van der Waals surface area contributed by atoms with Crippen molar-refractivity contribution in [1.82, 2.24) is 34.2 Å². The van der Waals surface area contributed by atoms with E-state index in [1.807, 2.05) is 42.7 Å². The third-order valence-corrected chi connectivity index (χ3v) is 10.9. The maximum Gasteiger partial charge on any atom is 0.353 e. The number of rotatable bonds is 8. The van der Waals surface area contributed by atoms with Gasteiger partial charge in [-0.2, -0.15) is 0 Å². The summed E-state index contributed by atoms with van der Waals surface area (Å²) in [6, 6.07) is 18.6. The first-order chi connectivity index (χ1) is 28.6. The van der Waals surface area contributed by atoms with Crippen LogP contribution in [-0.4, -0.2) is 48.9 Å². The van der Waals surface area contributed by atoms with E-state index in [1.54, 1.807) is 49.5 Å². The number of benzene rings is 3. The molecule has 306 valence electrons. The average Bonchev–Trinajstić information content (AvgIpc) is 3.99. The maximum absolute atomic E-state index is 14.1. The topological polar surface area (TPSA) is 142 Å². The van der Waals surface area contributed by atoms with Crippen LogP contribution in [-0.2, 0) is 9.84 Å². The van der Waals surface area contributed by atoms with Crippen LogP contribution in [0.25, 0.3) is 38.7 Å². The van der Waals surface area contributed by atoms with Gasteiger partial charge in [-0.05, 0) is 79.7 Å². The zero-order chi connectivity index (χ0) is 43.3. The first-order valence-electron chi connectivity index (χ1n) is 18.3. The normalized spacial score (nSPS) is 11.8. The number of aryl methyl sites for hydroxylation is 1. The molecule has 0 aliphatic rings. The number of fused-ring (bicyclic) bond motifs is 2. The zero-order valence-corrected chi connectivity index (χ0v) is 33.6. The van der Waals surface area contributed by atoms with Crippen molar-refractivity contribution < 1.29 is 35.2 Å². The van der Waals surface area contributed by atoms with Crippen LogP contribution in [0.5, 0.6) is 0 Å². The van der Waals surface area contributed by atoms with Crippen LogP contribution >= 0.6 is 0 Å². The predicted octanol–water partition coefficient (Wildman–Crippen LogP) is 9.78. The van der Waals surface area contributed by atoms with Crippen molar-refractivity contribution in [3.05, 3.63) is 167 Å². The molecule has 8 rings (SSSR count). The third-order valence-electron chi connectivity index (χ3n) is 9.05. The lowest BCUT2D eigenvalue weighted by Crippen LogP contribution is -2.12. The van der Waals surface area contributed by atoms with Gasteiger partial charge in [0.25, 0.3) is 9.84 Å². The van der Waals surface area contributed by atoms with Crippen LogP contribution in [0.2, 0.25) is 0 Å². The fourth-order valence-electron chi connectivity index (χ4n) is 6.01. The fourth-order valence-corrected chi connectivity index (χ4v) is 7.44. The van der Waals surface area contributed by atoms with Crippen LogP contribution in [0.1, 0.15) is 78.0 Å². The second-order valence-corrected chi connectivity index (χ2v) is 16.0. The maximum atomic E-state index is 14.1. The SMILES string of the molecule is CC(C)c1nnc2ccc(-c3ocnc3-c3cc(F)ccc3F)cn12.CC(C)c1nnc2ccc(C=O)cn12.[C-]#[N+]C(c1cc(F)ccc1F)S(=O)(=O)c1ccc(C)cc1. The molecule has 3 aromatic carbocycles. The Morgan fingerprint density at radius 1 is 0.733 bits per heavy atom. The van der Waals surface area contributed by atoms with Gasteiger partial charge in [0.15, 0.2) is 29.7 Å². The van der Waals surface area contributed by atoms with Gasteiger partial charge in [-0.25, -0.2) is 37.5 Å². The van der Waals surface area contributed by atoms with E-state index in [4.69, 9.17) is 11.0 Å². The lowest BCUT2D eigenvalue weighted by Gasteiger charge is -2.09. The molecule has 0 amide bonds. The van der Waals surface area contributed by atoms with Crippen LogP contribution in [0.15, 0.2) is 113 Å². The van der Waals surface area contributed by atoms with Gasteiger partial charge in [0.05, 0.1) is 10.5 Å². The second-order valence-electron chi connectivity index (χ2n) is 14.0. The van der Waals surface area contributed by atoms with E-state index >= 15 is 0 Å². The summed E-state index contributed by atoms with van der Waals surface area (Å²) in [7, 11) is -4.12. The van der Waals surface area contributed by atoms with E-state index in [0.717, 1.165) is 65.5 Å². The highest BCUT2D eigenvalue weighted by Crippen LogP contribution is 2.34. The lowest BCUT2D eigenvalue weighted by atomic mass is 10.1. The van der Waals surface area contributed by atoms with Crippen molar-refractivity contribution in [2.45, 2.75) is 56.7 Å². The lowest BCUT2D eigenvalue weighted by molar-refractivity contribution is 0.112. The molecule has 0 bridgehead atoms. The molecule has 17 heteroatoms. The van der Waals surface area contributed by atoms with E-state index in [9.17, 15) is 30.8 Å². The highest BCUT2D eigenvalue weighted by atomic mass is 32.2. The van der Waals surface area contributed by atoms with Crippen LogP contribution in [0.4, 0.5) is 17.6 Å². The summed E-state index contributed by atoms with van der Waals surface area (Å²) >= 11 is 0. The van der Waals surface area contributed by atoms with Crippen molar-refractivity contribution in [2.75, 3.05) is 0 Å². The van der Waals surface area contributed by atoms with Crippen molar-refractivity contribution in [3.63, 3.8) is 0 Å². The Morgan fingerprint density at radius 2 is 1.32 bits per heavy atom. The highest BCUT2D eigenvalue weighted by molar-refractivity contribution is 7.91. The Balaban J connectivity index is 0.000000157. The summed E-state index contributed by atoms with van der Waals surface area (Å²) in [5, 5.41) is 14.6. The number of carbonyl (C=O) groups is 1. The van der Waals surface area contributed by atoms with E-state index < -0.39 is 44.0 Å². The zero-order valence-electron chi connectivity index (χ0n) is 32.8. The minimum Gasteiger partial charge on any atom is -0.443 e. The van der Waals surface area contributed by atoms with Gasteiger partial charge in [-0.3, -0.25) is 18.4 Å². The molecule has 0 aliphatic carbocycles. The molecule has 0 saturated heterocycles. The summed E-state index contributed by atoms with van der Waals surface area (Å²) in [6.45, 7) is 17.0. The minimum atomic E-state index is -4.12. The number of hydrogen-bond acceptors (Lipinski definition) is 9. The van der Waals surface area contributed by atoms with Crippen molar-refractivity contribution in [3.8, 4) is 22.6 Å². The van der Waals surface area contributed by atoms with Crippen LogP contribution in [0, 0.1) is 36.8 Å². The molecule has 12 nitrogen and oxygen atoms in total. The molecule has 0 aliphatic heterocycles. The molecule has 1 atom stereocenters. The molecule has 0 saturated carbocycles. The fraction of sp³-hybridized carbons (Fsp3) is 0.186. The Bertz CT molecular complexity index is 2970. The van der Waals surface area contributed by atoms with Crippen molar-refractivity contribution in [1.29, 1.82) is 0 Å². The molecule has 0 radical (unpaired) electrons. The number of sulfone groups is 1. The number of halogens is 4. The van der Waals surface area contributed by atoms with Crippen molar-refractivity contribution >= 4 is 27.4 Å². The first kappa shape index (κ1) is 42.5. The molecule has 5 heterocycles. The number of pyridine rings is 2. The molecule has 0 fully saturated rings. The molecule has 60 heavy (non-hydrogen) atoms. The van der Waals surface area contributed by atoms with Gasteiger partial charge in [-0.15, -0.1) is 20.4 Å². The molecule has 1 unspecified atom stereocenters. The Hall–Kier alpha value is -7.06. The first-order valence-corrected chi connectivity index (χ1v) is 19.8. The molecular weight excluding hydrogens is 801 g/mol. The number of nitrogens with zero attached hydrogens (tertiary/aromatic N) is 8. The summed E-state index contributed by atoms with van der Waals surface area (Å²) < 4.78 is 88.7. The molecule has 0 N–H and O–H groups in total. The number of oxazole rings is 1. The predicted molar refractivity (Wildman–Crippen MR) is 214 cm³/mol. The Kier molecular flexibility index (Phi) is 12.6. The van der Waals surface area contributed by atoms with Crippen LogP contribution in [0.3, 0.4) is 0 Å². The monoisotopic (exact) mass is 836 g/mol. The van der Waals surface area contributed by atoms with Crippen molar-refractivity contribution in [2.24, 2.45) is 0 Å².